The third-order valence-corrected chi connectivity index (χ3v) is 3.65. The van der Waals surface area contributed by atoms with Crippen LogP contribution < -0.4 is 9.47 Å². The third kappa shape index (κ3) is 4.61. The molecule has 0 radical (unpaired) electrons. The molecule has 1 heterocycles. The Bertz CT molecular complexity index is 798. The average Bonchev–Trinajstić information content (AvgIpc) is 3.02. The first-order valence-corrected chi connectivity index (χ1v) is 8.12. The molecule has 25 heavy (non-hydrogen) atoms. The third-order valence-electron chi connectivity index (χ3n) is 3.65. The van der Waals surface area contributed by atoms with Gasteiger partial charge in [0.2, 0.25) is 5.89 Å². The van der Waals surface area contributed by atoms with Crippen LogP contribution in [0.25, 0.3) is 11.5 Å². The highest BCUT2D eigenvalue weighted by Gasteiger charge is 2.12. The Kier molecular flexibility index (Phi) is 5.69. The zero-order valence-electron chi connectivity index (χ0n) is 14.4. The minimum Gasteiger partial charge on any atom is -0.491 e. The number of ether oxygens (including phenoxy) is 3. The molecular formula is C20H21NO4. The van der Waals surface area contributed by atoms with E-state index in [1.807, 2.05) is 61.5 Å². The van der Waals surface area contributed by atoms with E-state index in [9.17, 15) is 0 Å². The monoisotopic (exact) mass is 339 g/mol. The minimum absolute atomic E-state index is 0.337. The van der Waals surface area contributed by atoms with Crippen LogP contribution in [-0.4, -0.2) is 25.3 Å². The second-order valence-electron chi connectivity index (χ2n) is 5.49. The summed E-state index contributed by atoms with van der Waals surface area (Å²) in [5.41, 5.74) is 1.73. The zero-order valence-corrected chi connectivity index (χ0v) is 14.4. The molecular weight excluding hydrogens is 318 g/mol. The second kappa shape index (κ2) is 8.35. The summed E-state index contributed by atoms with van der Waals surface area (Å²) in [7, 11) is 1.65. The van der Waals surface area contributed by atoms with Gasteiger partial charge in [-0.05, 0) is 31.2 Å². The van der Waals surface area contributed by atoms with Gasteiger partial charge in [-0.15, -0.1) is 0 Å². The largest absolute Gasteiger partial charge is 0.491 e. The number of nitrogens with zero attached hydrogens (tertiary/aromatic N) is 1. The van der Waals surface area contributed by atoms with E-state index in [0.717, 1.165) is 28.5 Å². The number of methoxy groups -OCH3 is 1. The van der Waals surface area contributed by atoms with Gasteiger partial charge in [0.25, 0.3) is 0 Å². The molecule has 0 unspecified atom stereocenters. The van der Waals surface area contributed by atoms with Gasteiger partial charge in [0.1, 0.15) is 36.2 Å². The Morgan fingerprint density at radius 1 is 0.920 bits per heavy atom. The highest BCUT2D eigenvalue weighted by atomic mass is 16.5. The predicted molar refractivity (Wildman–Crippen MR) is 94.8 cm³/mol. The van der Waals surface area contributed by atoms with Crippen LogP contribution in [-0.2, 0) is 11.3 Å². The number of hydrogen-bond acceptors (Lipinski definition) is 5. The SMILES string of the molecule is COCCOc1cccc(OCc2nc(-c3ccccc3)oc2C)c1. The topological polar surface area (TPSA) is 53.7 Å². The molecule has 0 atom stereocenters. The summed E-state index contributed by atoms with van der Waals surface area (Å²) in [5, 5.41) is 0. The molecule has 3 rings (SSSR count). The molecule has 5 nitrogen and oxygen atoms in total. The maximum absolute atomic E-state index is 5.84. The van der Waals surface area contributed by atoms with Gasteiger partial charge in [-0.2, -0.15) is 0 Å². The predicted octanol–water partition coefficient (Wildman–Crippen LogP) is 4.25. The first-order valence-electron chi connectivity index (χ1n) is 8.12. The molecule has 0 saturated carbocycles. The molecule has 0 spiro atoms. The summed E-state index contributed by atoms with van der Waals surface area (Å²) in [5.74, 6) is 2.83. The first-order chi connectivity index (χ1) is 12.3. The molecule has 0 saturated heterocycles. The van der Waals surface area contributed by atoms with Crippen molar-refractivity contribution in [2.24, 2.45) is 0 Å². The molecule has 3 aromatic rings. The molecule has 0 aliphatic carbocycles. The summed E-state index contributed by atoms with van der Waals surface area (Å²) in [6.45, 7) is 3.28. The van der Waals surface area contributed by atoms with Crippen molar-refractivity contribution in [3.63, 3.8) is 0 Å². The van der Waals surface area contributed by atoms with Crippen LogP contribution in [0.2, 0.25) is 0 Å². The highest BCUT2D eigenvalue weighted by molar-refractivity contribution is 5.53. The minimum atomic E-state index is 0.337. The molecule has 0 N–H and O–H groups in total. The quantitative estimate of drug-likeness (QED) is 0.574. The fraction of sp³-hybridized carbons (Fsp3) is 0.250. The van der Waals surface area contributed by atoms with E-state index in [0.29, 0.717) is 25.7 Å². The van der Waals surface area contributed by atoms with Gasteiger partial charge in [-0.25, -0.2) is 4.98 Å². The Balaban J connectivity index is 1.64. The lowest BCUT2D eigenvalue weighted by Gasteiger charge is -2.08. The highest BCUT2D eigenvalue weighted by Crippen LogP contribution is 2.24. The van der Waals surface area contributed by atoms with E-state index in [2.05, 4.69) is 4.98 Å². The van der Waals surface area contributed by atoms with Crippen molar-refractivity contribution in [1.29, 1.82) is 0 Å². The average molecular weight is 339 g/mol. The molecule has 0 aliphatic heterocycles. The smallest absolute Gasteiger partial charge is 0.226 e. The summed E-state index contributed by atoms with van der Waals surface area (Å²) in [6, 6.07) is 17.3. The van der Waals surface area contributed by atoms with Gasteiger partial charge in [-0.1, -0.05) is 24.3 Å². The standard InChI is InChI=1S/C20H21NO4/c1-15-19(21-20(25-15)16-7-4-3-5-8-16)14-24-18-10-6-9-17(13-18)23-12-11-22-2/h3-10,13H,11-12,14H2,1-2H3. The van der Waals surface area contributed by atoms with Crippen LogP contribution >= 0.6 is 0 Å². The van der Waals surface area contributed by atoms with Gasteiger partial charge in [-0.3, -0.25) is 0 Å². The maximum atomic E-state index is 5.84. The summed E-state index contributed by atoms with van der Waals surface area (Å²) in [6.07, 6.45) is 0. The Labute approximate surface area is 147 Å². The van der Waals surface area contributed by atoms with Crippen LogP contribution in [0.4, 0.5) is 0 Å². The van der Waals surface area contributed by atoms with Crippen molar-refractivity contribution < 1.29 is 18.6 Å². The summed E-state index contributed by atoms with van der Waals surface area (Å²) < 4.78 is 22.1. The van der Waals surface area contributed by atoms with Gasteiger partial charge >= 0.3 is 0 Å². The molecule has 130 valence electrons. The molecule has 0 fully saturated rings. The number of rotatable bonds is 8. The van der Waals surface area contributed by atoms with E-state index in [-0.39, 0.29) is 0 Å². The molecule has 1 aromatic heterocycles. The number of aromatic nitrogens is 1. The molecule has 0 aliphatic rings. The van der Waals surface area contributed by atoms with E-state index < -0.39 is 0 Å². The van der Waals surface area contributed by atoms with E-state index in [1.54, 1.807) is 7.11 Å². The van der Waals surface area contributed by atoms with Crippen LogP contribution in [0.3, 0.4) is 0 Å². The maximum Gasteiger partial charge on any atom is 0.226 e. The van der Waals surface area contributed by atoms with Crippen molar-refractivity contribution >= 4 is 0 Å². The Morgan fingerprint density at radius 2 is 1.68 bits per heavy atom. The molecule has 2 aromatic carbocycles. The number of hydrogen-bond donors (Lipinski definition) is 0. The Hall–Kier alpha value is -2.79. The summed E-state index contributed by atoms with van der Waals surface area (Å²) in [4.78, 5) is 4.54. The van der Waals surface area contributed by atoms with Crippen LogP contribution in [0.15, 0.2) is 59.0 Å². The van der Waals surface area contributed by atoms with Crippen molar-refractivity contribution in [3.8, 4) is 23.0 Å². The van der Waals surface area contributed by atoms with Crippen molar-refractivity contribution in [2.75, 3.05) is 20.3 Å². The Morgan fingerprint density at radius 3 is 2.44 bits per heavy atom. The van der Waals surface area contributed by atoms with Gasteiger partial charge < -0.3 is 18.6 Å². The van der Waals surface area contributed by atoms with Crippen molar-refractivity contribution in [2.45, 2.75) is 13.5 Å². The van der Waals surface area contributed by atoms with Gasteiger partial charge in [0.15, 0.2) is 0 Å². The van der Waals surface area contributed by atoms with Gasteiger partial charge in [0.05, 0.1) is 6.61 Å². The fourth-order valence-corrected chi connectivity index (χ4v) is 2.31. The lowest BCUT2D eigenvalue weighted by Crippen LogP contribution is -2.04. The van der Waals surface area contributed by atoms with Crippen LogP contribution in [0.5, 0.6) is 11.5 Å². The lowest BCUT2D eigenvalue weighted by atomic mass is 10.2. The zero-order chi connectivity index (χ0) is 17.5. The van der Waals surface area contributed by atoms with E-state index in [4.69, 9.17) is 18.6 Å². The van der Waals surface area contributed by atoms with Crippen LogP contribution in [0, 0.1) is 6.92 Å². The molecule has 0 bridgehead atoms. The summed E-state index contributed by atoms with van der Waals surface area (Å²) >= 11 is 0. The van der Waals surface area contributed by atoms with Crippen molar-refractivity contribution in [1.82, 2.24) is 4.98 Å². The number of aryl methyl sites for hydroxylation is 1. The lowest BCUT2D eigenvalue weighted by molar-refractivity contribution is 0.146. The first kappa shape index (κ1) is 17.0. The number of benzene rings is 2. The van der Waals surface area contributed by atoms with Gasteiger partial charge in [0, 0.05) is 18.7 Å². The van der Waals surface area contributed by atoms with E-state index in [1.165, 1.54) is 0 Å². The normalized spacial score (nSPS) is 10.6. The van der Waals surface area contributed by atoms with Crippen molar-refractivity contribution in [3.05, 3.63) is 66.1 Å². The fourth-order valence-electron chi connectivity index (χ4n) is 2.31. The second-order valence-corrected chi connectivity index (χ2v) is 5.49. The molecule has 0 amide bonds. The van der Waals surface area contributed by atoms with Crippen LogP contribution in [0.1, 0.15) is 11.5 Å². The molecule has 5 heteroatoms. The number of oxazole rings is 1. The van der Waals surface area contributed by atoms with E-state index >= 15 is 0 Å².